The molecule has 1 aromatic heterocycles. The van der Waals surface area contributed by atoms with Gasteiger partial charge in [0.15, 0.2) is 0 Å². The summed E-state index contributed by atoms with van der Waals surface area (Å²) in [6, 6.07) is -0.306. The van der Waals surface area contributed by atoms with Gasteiger partial charge in [0.1, 0.15) is 0 Å². The van der Waals surface area contributed by atoms with Gasteiger partial charge in [0.25, 0.3) is 0 Å². The van der Waals surface area contributed by atoms with Crippen LogP contribution in [0.15, 0.2) is 12.5 Å². The third kappa shape index (κ3) is 3.12. The number of nitrogens with two attached hydrogens (primary N) is 1. The molecule has 0 amide bonds. The summed E-state index contributed by atoms with van der Waals surface area (Å²) < 4.78 is 2.12. The lowest BCUT2D eigenvalue weighted by atomic mass is 9.81. The molecule has 1 unspecified atom stereocenters. The molecule has 0 aliphatic heterocycles. The molecule has 1 aromatic rings. The Morgan fingerprint density at radius 1 is 1.39 bits per heavy atom. The van der Waals surface area contributed by atoms with Crippen molar-refractivity contribution < 1.29 is 5.11 Å². The van der Waals surface area contributed by atoms with E-state index in [4.69, 9.17) is 10.8 Å². The molecule has 0 spiro atoms. The van der Waals surface area contributed by atoms with Gasteiger partial charge in [0.2, 0.25) is 0 Å². The van der Waals surface area contributed by atoms with Crippen LogP contribution in [0.3, 0.4) is 0 Å². The Bertz CT molecular complexity index is 356. The molecule has 1 aliphatic carbocycles. The van der Waals surface area contributed by atoms with Crippen LogP contribution >= 0.6 is 0 Å². The van der Waals surface area contributed by atoms with Gasteiger partial charge in [-0.2, -0.15) is 0 Å². The normalized spacial score (nSPS) is 26.2. The monoisotopic (exact) mass is 251 g/mol. The highest BCUT2D eigenvalue weighted by atomic mass is 16.3. The highest BCUT2D eigenvalue weighted by Gasteiger charge is 2.21. The Morgan fingerprint density at radius 2 is 2.06 bits per heavy atom. The maximum absolute atomic E-state index is 9.14. The number of hydrogen-bond acceptors (Lipinski definition) is 3. The fourth-order valence-electron chi connectivity index (χ4n) is 2.99. The predicted molar refractivity (Wildman–Crippen MR) is 72.0 cm³/mol. The molecule has 2 rings (SSSR count). The van der Waals surface area contributed by atoms with E-state index < -0.39 is 0 Å². The van der Waals surface area contributed by atoms with Crippen LogP contribution in [0, 0.1) is 11.8 Å². The lowest BCUT2D eigenvalue weighted by molar-refractivity contribution is 0.238. The fraction of sp³-hybridized carbons (Fsp3) is 0.786. The van der Waals surface area contributed by atoms with Gasteiger partial charge in [-0.3, -0.25) is 0 Å². The lowest BCUT2D eigenvalue weighted by Gasteiger charge is -2.28. The van der Waals surface area contributed by atoms with Gasteiger partial charge < -0.3 is 15.4 Å². The van der Waals surface area contributed by atoms with Crippen LogP contribution in [0.25, 0.3) is 0 Å². The van der Waals surface area contributed by atoms with Gasteiger partial charge in [-0.05, 0) is 24.7 Å². The Labute approximate surface area is 109 Å². The second kappa shape index (κ2) is 6.34. The second-order valence-corrected chi connectivity index (χ2v) is 5.55. The molecule has 1 saturated carbocycles. The summed E-state index contributed by atoms with van der Waals surface area (Å²) in [5.74, 6) is 1.68. The van der Waals surface area contributed by atoms with Gasteiger partial charge in [0, 0.05) is 12.7 Å². The summed E-state index contributed by atoms with van der Waals surface area (Å²) in [6.07, 6.45) is 10.3. The first kappa shape index (κ1) is 13.6. The lowest BCUT2D eigenvalue weighted by Crippen LogP contribution is -2.23. The molecule has 1 atom stereocenters. The molecule has 1 heterocycles. The quantitative estimate of drug-likeness (QED) is 0.842. The molecule has 1 aliphatic rings. The van der Waals surface area contributed by atoms with E-state index in [1.54, 1.807) is 6.20 Å². The van der Waals surface area contributed by atoms with Crippen molar-refractivity contribution in [3.8, 4) is 0 Å². The Morgan fingerprint density at radius 3 is 2.67 bits per heavy atom. The summed E-state index contributed by atoms with van der Waals surface area (Å²) >= 11 is 0. The van der Waals surface area contributed by atoms with E-state index in [0.29, 0.717) is 0 Å². The van der Waals surface area contributed by atoms with Crippen molar-refractivity contribution in [1.29, 1.82) is 0 Å². The molecule has 0 aromatic carbocycles. The number of aromatic nitrogens is 2. The van der Waals surface area contributed by atoms with Crippen LogP contribution in [0.2, 0.25) is 0 Å². The van der Waals surface area contributed by atoms with Crippen LogP contribution in [0.1, 0.15) is 50.8 Å². The van der Waals surface area contributed by atoms with E-state index in [1.165, 1.54) is 32.1 Å². The standard InChI is InChI=1S/C14H25N3O/c1-2-11-3-5-12(6-4-11)8-17-10-16-7-14(17)13(15)9-18/h7,10-13,18H,2-6,8-9,15H2,1H3. The van der Waals surface area contributed by atoms with Gasteiger partial charge >= 0.3 is 0 Å². The molecule has 1 fully saturated rings. The van der Waals surface area contributed by atoms with Crippen molar-refractivity contribution in [2.24, 2.45) is 17.6 Å². The van der Waals surface area contributed by atoms with E-state index in [2.05, 4.69) is 16.5 Å². The number of nitrogens with zero attached hydrogens (tertiary/aromatic N) is 2. The minimum absolute atomic E-state index is 0.0196. The van der Waals surface area contributed by atoms with E-state index in [-0.39, 0.29) is 12.6 Å². The van der Waals surface area contributed by atoms with Crippen LogP contribution < -0.4 is 5.73 Å². The maximum Gasteiger partial charge on any atom is 0.0948 e. The van der Waals surface area contributed by atoms with E-state index in [1.807, 2.05) is 6.33 Å². The zero-order valence-corrected chi connectivity index (χ0v) is 11.3. The molecule has 4 nitrogen and oxygen atoms in total. The van der Waals surface area contributed by atoms with Crippen LogP contribution in [0.5, 0.6) is 0 Å². The Balaban J connectivity index is 1.92. The largest absolute Gasteiger partial charge is 0.394 e. The topological polar surface area (TPSA) is 64.1 Å². The smallest absolute Gasteiger partial charge is 0.0948 e. The number of aliphatic hydroxyl groups is 1. The molecule has 3 N–H and O–H groups in total. The Kier molecular flexibility index (Phi) is 4.78. The Hall–Kier alpha value is -0.870. The molecule has 4 heteroatoms. The average Bonchev–Trinajstić information content (AvgIpc) is 2.87. The highest BCUT2D eigenvalue weighted by molar-refractivity contribution is 5.04. The van der Waals surface area contributed by atoms with Gasteiger partial charge in [-0.1, -0.05) is 26.2 Å². The molecule has 0 bridgehead atoms. The van der Waals surface area contributed by atoms with Crippen LogP contribution in [0.4, 0.5) is 0 Å². The SMILES string of the molecule is CCC1CCC(Cn2cncc2C(N)CO)CC1. The predicted octanol–water partition coefficient (Wildman–Crippen LogP) is 2.09. The maximum atomic E-state index is 9.14. The van der Waals surface area contributed by atoms with Crippen molar-refractivity contribution >= 4 is 0 Å². The van der Waals surface area contributed by atoms with Crippen LogP contribution in [-0.2, 0) is 6.54 Å². The van der Waals surface area contributed by atoms with Crippen molar-refractivity contribution in [1.82, 2.24) is 9.55 Å². The van der Waals surface area contributed by atoms with E-state index in [9.17, 15) is 0 Å². The van der Waals surface area contributed by atoms with E-state index >= 15 is 0 Å². The zero-order valence-electron chi connectivity index (χ0n) is 11.3. The second-order valence-electron chi connectivity index (χ2n) is 5.55. The van der Waals surface area contributed by atoms with E-state index in [0.717, 1.165) is 24.1 Å². The third-order valence-corrected chi connectivity index (χ3v) is 4.32. The molecule has 18 heavy (non-hydrogen) atoms. The zero-order chi connectivity index (χ0) is 13.0. The molecule has 102 valence electrons. The summed E-state index contributed by atoms with van der Waals surface area (Å²) in [5.41, 5.74) is 6.83. The summed E-state index contributed by atoms with van der Waals surface area (Å²) in [7, 11) is 0. The average molecular weight is 251 g/mol. The molecule has 0 radical (unpaired) electrons. The number of aliphatic hydroxyl groups excluding tert-OH is 1. The fourth-order valence-corrected chi connectivity index (χ4v) is 2.99. The highest BCUT2D eigenvalue weighted by Crippen LogP contribution is 2.31. The number of rotatable bonds is 5. The van der Waals surface area contributed by atoms with Gasteiger partial charge in [-0.15, -0.1) is 0 Å². The molecule has 0 saturated heterocycles. The first-order chi connectivity index (χ1) is 8.74. The van der Waals surface area contributed by atoms with Gasteiger partial charge in [0.05, 0.1) is 24.7 Å². The first-order valence-corrected chi connectivity index (χ1v) is 7.11. The van der Waals surface area contributed by atoms with Crippen molar-refractivity contribution in [2.75, 3.05) is 6.61 Å². The summed E-state index contributed by atoms with van der Waals surface area (Å²) in [5, 5.41) is 9.14. The third-order valence-electron chi connectivity index (χ3n) is 4.32. The number of hydrogen-bond donors (Lipinski definition) is 2. The van der Waals surface area contributed by atoms with Gasteiger partial charge in [-0.25, -0.2) is 4.98 Å². The summed E-state index contributed by atoms with van der Waals surface area (Å²) in [4.78, 5) is 4.16. The summed E-state index contributed by atoms with van der Waals surface area (Å²) in [6.45, 7) is 3.27. The minimum Gasteiger partial charge on any atom is -0.394 e. The first-order valence-electron chi connectivity index (χ1n) is 7.11. The number of imidazole rings is 1. The minimum atomic E-state index is -0.306. The molecular weight excluding hydrogens is 226 g/mol. The van der Waals surface area contributed by atoms with Crippen molar-refractivity contribution in [2.45, 2.75) is 51.6 Å². The van der Waals surface area contributed by atoms with Crippen molar-refractivity contribution in [3.05, 3.63) is 18.2 Å². The van der Waals surface area contributed by atoms with Crippen LogP contribution in [-0.4, -0.2) is 21.3 Å². The molecular formula is C14H25N3O. The van der Waals surface area contributed by atoms with Crippen molar-refractivity contribution in [3.63, 3.8) is 0 Å².